The number of hydrogen-bond donors (Lipinski definition) is 2. The molecule has 0 atom stereocenters. The van der Waals surface area contributed by atoms with Crippen LogP contribution in [0.1, 0.15) is 28.8 Å². The molecule has 24 heavy (non-hydrogen) atoms. The second kappa shape index (κ2) is 8.16. The largest absolute Gasteiger partial charge is 0.346 e. The molecule has 6 nitrogen and oxygen atoms in total. The normalized spacial score (nSPS) is 14.5. The Labute approximate surface area is 143 Å². The number of nitrogens with one attached hydrogen (secondary N) is 1. The molecule has 0 aromatic heterocycles. The minimum absolute atomic E-state index is 0. The van der Waals surface area contributed by atoms with Crippen LogP contribution < -0.4 is 11.1 Å². The average Bonchev–Trinajstić information content (AvgIpc) is 2.85. The van der Waals surface area contributed by atoms with Crippen molar-refractivity contribution in [3.8, 4) is 0 Å². The Kier molecular flexibility index (Phi) is 6.80. The number of nitrogens with two attached hydrogens (primary N) is 1. The molecule has 132 valence electrons. The number of hydrogen-bond acceptors (Lipinski definition) is 4. The second-order valence-electron chi connectivity index (χ2n) is 5.31. The summed E-state index contributed by atoms with van der Waals surface area (Å²) in [6.07, 6.45) is 0.434. The lowest BCUT2D eigenvalue weighted by atomic mass is 10.1. The maximum atomic E-state index is 13.0. The predicted molar refractivity (Wildman–Crippen MR) is 84.8 cm³/mol. The summed E-state index contributed by atoms with van der Waals surface area (Å²) in [6, 6.07) is 6.07. The minimum Gasteiger partial charge on any atom is -0.346 e. The van der Waals surface area contributed by atoms with Crippen molar-refractivity contribution in [1.82, 2.24) is 10.2 Å². The lowest BCUT2D eigenvalue weighted by Gasteiger charge is -2.15. The summed E-state index contributed by atoms with van der Waals surface area (Å²) in [5.41, 5.74) is 5.78. The molecule has 9 heteroatoms. The zero-order chi connectivity index (χ0) is 17.0. The Morgan fingerprint density at radius 2 is 1.71 bits per heavy atom. The predicted octanol–water partition coefficient (Wildman–Crippen LogP) is 1.08. The molecule has 1 heterocycles. The summed E-state index contributed by atoms with van der Waals surface area (Å²) in [5, 5.41) is 2.11. The number of likely N-dealkylation sites (tertiary alicyclic amines) is 1. The van der Waals surface area contributed by atoms with E-state index < -0.39 is 24.9 Å². The number of halogens is 3. The third kappa shape index (κ3) is 4.97. The standard InChI is InChI=1S/C15H17F2N3O3.ClH/c16-15(17,8-18)9-19-14(23)11-3-1-10(2-4-11)7-20-12(21)5-6-13(20)22;/h1-4H,5-9,18H2,(H,19,23);1H. The molecule has 3 amide bonds. The van der Waals surface area contributed by atoms with Crippen molar-refractivity contribution >= 4 is 30.1 Å². The molecule has 0 bridgehead atoms. The van der Waals surface area contributed by atoms with Gasteiger partial charge in [-0.25, -0.2) is 8.78 Å². The molecule has 3 N–H and O–H groups in total. The van der Waals surface area contributed by atoms with Gasteiger partial charge in [0, 0.05) is 18.4 Å². The maximum absolute atomic E-state index is 13.0. The first kappa shape index (κ1) is 20.0. The Hall–Kier alpha value is -2.06. The van der Waals surface area contributed by atoms with Gasteiger partial charge in [-0.3, -0.25) is 19.3 Å². The molecule has 0 unspecified atom stereocenters. The van der Waals surface area contributed by atoms with Gasteiger partial charge < -0.3 is 11.1 Å². The van der Waals surface area contributed by atoms with Gasteiger partial charge in [0.1, 0.15) is 0 Å². The fourth-order valence-corrected chi connectivity index (χ4v) is 2.13. The molecular formula is C15H18ClF2N3O3. The highest BCUT2D eigenvalue weighted by Crippen LogP contribution is 2.16. The van der Waals surface area contributed by atoms with E-state index in [4.69, 9.17) is 5.73 Å². The van der Waals surface area contributed by atoms with Crippen LogP contribution in [0.2, 0.25) is 0 Å². The van der Waals surface area contributed by atoms with Crippen LogP contribution in [0.15, 0.2) is 24.3 Å². The third-order valence-corrected chi connectivity index (χ3v) is 3.52. The number of carbonyl (C=O) groups excluding carboxylic acids is 3. The van der Waals surface area contributed by atoms with Gasteiger partial charge in [-0.05, 0) is 17.7 Å². The highest BCUT2D eigenvalue weighted by Gasteiger charge is 2.29. The number of benzene rings is 1. The van der Waals surface area contributed by atoms with Crippen molar-refractivity contribution in [3.63, 3.8) is 0 Å². The number of amides is 3. The molecule has 0 spiro atoms. The Balaban J connectivity index is 0.00000288. The fourth-order valence-electron chi connectivity index (χ4n) is 2.13. The van der Waals surface area contributed by atoms with Crippen LogP contribution in [-0.4, -0.2) is 41.6 Å². The molecule has 1 aliphatic rings. The monoisotopic (exact) mass is 361 g/mol. The van der Waals surface area contributed by atoms with Gasteiger partial charge in [-0.15, -0.1) is 12.4 Å². The van der Waals surface area contributed by atoms with Gasteiger partial charge in [0.25, 0.3) is 11.8 Å². The van der Waals surface area contributed by atoms with E-state index in [1.807, 2.05) is 0 Å². The van der Waals surface area contributed by atoms with Crippen molar-refractivity contribution < 1.29 is 23.2 Å². The van der Waals surface area contributed by atoms with E-state index in [1.165, 1.54) is 12.1 Å². The molecule has 1 aliphatic heterocycles. The first-order chi connectivity index (χ1) is 10.8. The van der Waals surface area contributed by atoms with E-state index in [9.17, 15) is 23.2 Å². The summed E-state index contributed by atoms with van der Waals surface area (Å²) < 4.78 is 26.0. The van der Waals surface area contributed by atoms with Crippen molar-refractivity contribution in [3.05, 3.63) is 35.4 Å². The highest BCUT2D eigenvalue weighted by atomic mass is 35.5. The van der Waals surface area contributed by atoms with Gasteiger partial charge in [-0.2, -0.15) is 0 Å². The number of alkyl halides is 2. The quantitative estimate of drug-likeness (QED) is 0.742. The number of rotatable bonds is 6. The topological polar surface area (TPSA) is 92.5 Å². The zero-order valence-corrected chi connectivity index (χ0v) is 13.6. The van der Waals surface area contributed by atoms with Crippen LogP contribution in [-0.2, 0) is 16.1 Å². The summed E-state index contributed by atoms with van der Waals surface area (Å²) in [7, 11) is 0. The molecule has 0 radical (unpaired) electrons. The summed E-state index contributed by atoms with van der Waals surface area (Å²) in [6.45, 7) is -1.53. The SMILES string of the molecule is Cl.NCC(F)(F)CNC(=O)c1ccc(CN2C(=O)CCC2=O)cc1. The van der Waals surface area contributed by atoms with E-state index in [-0.39, 0.29) is 49.2 Å². The summed E-state index contributed by atoms with van der Waals surface area (Å²) in [4.78, 5) is 36.0. The molecule has 1 aromatic carbocycles. The van der Waals surface area contributed by atoms with E-state index in [2.05, 4.69) is 5.32 Å². The van der Waals surface area contributed by atoms with Crippen LogP contribution in [0.4, 0.5) is 8.78 Å². The van der Waals surface area contributed by atoms with Crippen molar-refractivity contribution in [2.24, 2.45) is 5.73 Å². The first-order valence-electron chi connectivity index (χ1n) is 7.10. The van der Waals surface area contributed by atoms with Crippen LogP contribution in [0.5, 0.6) is 0 Å². The number of nitrogens with zero attached hydrogens (tertiary/aromatic N) is 1. The number of carbonyl (C=O) groups is 3. The lowest BCUT2D eigenvalue weighted by molar-refractivity contribution is -0.139. The molecule has 1 aromatic rings. The highest BCUT2D eigenvalue weighted by molar-refractivity contribution is 6.01. The van der Waals surface area contributed by atoms with Crippen LogP contribution >= 0.6 is 12.4 Å². The van der Waals surface area contributed by atoms with E-state index in [1.54, 1.807) is 12.1 Å². The van der Waals surface area contributed by atoms with Gasteiger partial charge in [0.15, 0.2) is 0 Å². The summed E-state index contributed by atoms with van der Waals surface area (Å²) >= 11 is 0. The number of imide groups is 1. The third-order valence-electron chi connectivity index (χ3n) is 3.52. The molecule has 1 saturated heterocycles. The molecule has 0 saturated carbocycles. The smallest absolute Gasteiger partial charge is 0.277 e. The maximum Gasteiger partial charge on any atom is 0.277 e. The Morgan fingerprint density at radius 3 is 2.21 bits per heavy atom. The average molecular weight is 362 g/mol. The summed E-state index contributed by atoms with van der Waals surface area (Å²) in [5.74, 6) is -4.23. The first-order valence-corrected chi connectivity index (χ1v) is 7.10. The minimum atomic E-state index is -3.15. The van der Waals surface area contributed by atoms with E-state index in [0.717, 1.165) is 4.90 Å². The second-order valence-corrected chi connectivity index (χ2v) is 5.31. The molecule has 1 fully saturated rings. The van der Waals surface area contributed by atoms with Crippen molar-refractivity contribution in [2.45, 2.75) is 25.3 Å². The lowest BCUT2D eigenvalue weighted by Crippen LogP contribution is -2.41. The molecular weight excluding hydrogens is 344 g/mol. The molecule has 2 rings (SSSR count). The zero-order valence-electron chi connectivity index (χ0n) is 12.8. The van der Waals surface area contributed by atoms with Gasteiger partial charge >= 0.3 is 0 Å². The Morgan fingerprint density at radius 1 is 1.17 bits per heavy atom. The van der Waals surface area contributed by atoms with Gasteiger partial charge in [0.05, 0.1) is 19.6 Å². The van der Waals surface area contributed by atoms with Crippen LogP contribution in [0.25, 0.3) is 0 Å². The van der Waals surface area contributed by atoms with Crippen molar-refractivity contribution in [2.75, 3.05) is 13.1 Å². The van der Waals surface area contributed by atoms with Crippen molar-refractivity contribution in [1.29, 1.82) is 0 Å². The van der Waals surface area contributed by atoms with Gasteiger partial charge in [0.2, 0.25) is 11.8 Å². The van der Waals surface area contributed by atoms with E-state index >= 15 is 0 Å². The van der Waals surface area contributed by atoms with Crippen LogP contribution in [0.3, 0.4) is 0 Å². The molecule has 0 aliphatic carbocycles. The van der Waals surface area contributed by atoms with Gasteiger partial charge in [-0.1, -0.05) is 12.1 Å². The fraction of sp³-hybridized carbons (Fsp3) is 0.400. The Bertz CT molecular complexity index is 607. The van der Waals surface area contributed by atoms with E-state index in [0.29, 0.717) is 5.56 Å². The van der Waals surface area contributed by atoms with Crippen LogP contribution in [0, 0.1) is 0 Å².